The van der Waals surface area contributed by atoms with E-state index in [1.54, 1.807) is 30.3 Å². The van der Waals surface area contributed by atoms with Crippen LogP contribution in [0.4, 0.5) is 5.69 Å². The highest BCUT2D eigenvalue weighted by Gasteiger charge is 2.13. The van der Waals surface area contributed by atoms with Crippen LogP contribution in [0.1, 0.15) is 34.6 Å². The summed E-state index contributed by atoms with van der Waals surface area (Å²) in [5.41, 5.74) is 1.14. The molecule has 0 fully saturated rings. The van der Waals surface area contributed by atoms with Gasteiger partial charge in [0.15, 0.2) is 18.2 Å². The van der Waals surface area contributed by atoms with Crippen molar-refractivity contribution in [2.75, 3.05) is 11.9 Å². The number of Topliss-reactive ketones (excluding diaryl/α,β-unsaturated/α-hetero) is 2. The minimum absolute atomic E-state index is 0.150. The summed E-state index contributed by atoms with van der Waals surface area (Å²) in [4.78, 5) is 35.2. The van der Waals surface area contributed by atoms with Gasteiger partial charge in [0.25, 0.3) is 5.91 Å². The van der Waals surface area contributed by atoms with E-state index in [2.05, 4.69) is 5.32 Å². The molecule has 0 aliphatic heterocycles. The highest BCUT2D eigenvalue weighted by atomic mass is 35.5. The number of carbonyl (C=O) groups excluding carboxylic acids is 3. The molecule has 2 aromatic rings. The molecule has 1 N–H and O–H groups in total. The van der Waals surface area contributed by atoms with Crippen molar-refractivity contribution < 1.29 is 19.1 Å². The molecule has 0 spiro atoms. The number of hydrogen-bond acceptors (Lipinski definition) is 4. The number of carbonyl (C=O) groups is 3. The zero-order valence-corrected chi connectivity index (χ0v) is 14.0. The number of amides is 1. The van der Waals surface area contributed by atoms with E-state index >= 15 is 0 Å². The number of hydrogen-bond donors (Lipinski definition) is 1. The van der Waals surface area contributed by atoms with Crippen LogP contribution >= 0.6 is 11.6 Å². The van der Waals surface area contributed by atoms with Crippen molar-refractivity contribution in [2.24, 2.45) is 0 Å². The van der Waals surface area contributed by atoms with Crippen LogP contribution in [-0.2, 0) is 4.79 Å². The molecule has 0 saturated heterocycles. The SMILES string of the molecule is CC(=O)c1ccccc1NC(=O)COc1ccc(Cl)cc1C(C)=O. The lowest BCUT2D eigenvalue weighted by atomic mass is 10.1. The van der Waals surface area contributed by atoms with E-state index in [9.17, 15) is 14.4 Å². The maximum atomic E-state index is 12.1. The molecule has 0 aliphatic carbocycles. The van der Waals surface area contributed by atoms with Gasteiger partial charge in [0, 0.05) is 10.6 Å². The molecule has 0 aromatic heterocycles. The summed E-state index contributed by atoms with van der Waals surface area (Å²) < 4.78 is 5.41. The van der Waals surface area contributed by atoms with Crippen molar-refractivity contribution in [2.45, 2.75) is 13.8 Å². The zero-order valence-electron chi connectivity index (χ0n) is 13.3. The quantitative estimate of drug-likeness (QED) is 0.809. The Labute approximate surface area is 144 Å². The van der Waals surface area contributed by atoms with Crippen LogP contribution in [0.25, 0.3) is 0 Å². The molecule has 0 radical (unpaired) electrons. The number of nitrogens with one attached hydrogen (secondary N) is 1. The molecule has 124 valence electrons. The Morgan fingerprint density at radius 1 is 1.00 bits per heavy atom. The summed E-state index contributed by atoms with van der Waals surface area (Å²) in [6.07, 6.45) is 0. The molecule has 0 saturated carbocycles. The first kappa shape index (κ1) is 17.7. The second kappa shape index (κ2) is 7.75. The Kier molecular flexibility index (Phi) is 5.71. The van der Waals surface area contributed by atoms with Crippen LogP contribution in [-0.4, -0.2) is 24.1 Å². The highest BCUT2D eigenvalue weighted by Crippen LogP contribution is 2.23. The van der Waals surface area contributed by atoms with Gasteiger partial charge in [-0.1, -0.05) is 23.7 Å². The molecule has 0 heterocycles. The number of para-hydroxylation sites is 1. The normalized spacial score (nSPS) is 10.1. The van der Waals surface area contributed by atoms with Gasteiger partial charge >= 0.3 is 0 Å². The van der Waals surface area contributed by atoms with E-state index in [4.69, 9.17) is 16.3 Å². The molecule has 2 aromatic carbocycles. The van der Waals surface area contributed by atoms with Gasteiger partial charge in [-0.3, -0.25) is 14.4 Å². The van der Waals surface area contributed by atoms with E-state index in [0.717, 1.165) is 0 Å². The summed E-state index contributed by atoms with van der Waals surface area (Å²) in [7, 11) is 0. The third-order valence-electron chi connectivity index (χ3n) is 3.26. The minimum atomic E-state index is -0.437. The number of halogens is 1. The summed E-state index contributed by atoms with van der Waals surface area (Å²) in [5, 5.41) is 3.04. The first-order valence-electron chi connectivity index (χ1n) is 7.21. The van der Waals surface area contributed by atoms with Crippen molar-refractivity contribution in [3.63, 3.8) is 0 Å². The van der Waals surface area contributed by atoms with Gasteiger partial charge in [0.1, 0.15) is 5.75 Å². The fourth-order valence-electron chi connectivity index (χ4n) is 2.13. The van der Waals surface area contributed by atoms with Crippen molar-refractivity contribution >= 4 is 34.8 Å². The molecule has 0 atom stereocenters. The van der Waals surface area contributed by atoms with Gasteiger partial charge in [0.2, 0.25) is 0 Å². The molecule has 0 bridgehead atoms. The molecule has 2 rings (SSSR count). The molecule has 6 heteroatoms. The van der Waals surface area contributed by atoms with E-state index in [1.807, 2.05) is 0 Å². The number of ketones is 2. The maximum absolute atomic E-state index is 12.1. The van der Waals surface area contributed by atoms with Crippen LogP contribution in [0.3, 0.4) is 0 Å². The predicted molar refractivity (Wildman–Crippen MR) is 92.0 cm³/mol. The summed E-state index contributed by atoms with van der Waals surface area (Å²) >= 11 is 5.86. The monoisotopic (exact) mass is 345 g/mol. The van der Waals surface area contributed by atoms with Crippen LogP contribution in [0.15, 0.2) is 42.5 Å². The fourth-order valence-corrected chi connectivity index (χ4v) is 2.30. The number of rotatable bonds is 6. The van der Waals surface area contributed by atoms with Gasteiger partial charge < -0.3 is 10.1 Å². The Morgan fingerprint density at radius 3 is 2.33 bits per heavy atom. The number of benzene rings is 2. The lowest BCUT2D eigenvalue weighted by Gasteiger charge is -2.12. The molecular formula is C18H16ClNO4. The van der Waals surface area contributed by atoms with E-state index in [0.29, 0.717) is 21.8 Å². The molecule has 1 amide bonds. The minimum Gasteiger partial charge on any atom is -0.483 e. The molecule has 0 unspecified atom stereocenters. The third-order valence-corrected chi connectivity index (χ3v) is 3.50. The van der Waals surface area contributed by atoms with Crippen LogP contribution in [0.5, 0.6) is 5.75 Å². The van der Waals surface area contributed by atoms with Crippen molar-refractivity contribution in [3.8, 4) is 5.75 Å². The van der Waals surface area contributed by atoms with Gasteiger partial charge in [-0.05, 0) is 44.2 Å². The van der Waals surface area contributed by atoms with E-state index in [-0.39, 0.29) is 23.9 Å². The van der Waals surface area contributed by atoms with Gasteiger partial charge in [-0.2, -0.15) is 0 Å². The Balaban J connectivity index is 2.07. The molecule has 0 aliphatic rings. The molecule has 24 heavy (non-hydrogen) atoms. The second-order valence-corrected chi connectivity index (χ2v) is 5.57. The summed E-state index contributed by atoms with van der Waals surface area (Å²) in [6, 6.07) is 11.3. The van der Waals surface area contributed by atoms with E-state index in [1.165, 1.54) is 26.0 Å². The van der Waals surface area contributed by atoms with Gasteiger partial charge in [-0.25, -0.2) is 0 Å². The second-order valence-electron chi connectivity index (χ2n) is 5.14. The third kappa shape index (κ3) is 4.43. The summed E-state index contributed by atoms with van der Waals surface area (Å²) in [5.74, 6) is -0.520. The predicted octanol–water partition coefficient (Wildman–Crippen LogP) is 3.76. The number of anilines is 1. The smallest absolute Gasteiger partial charge is 0.262 e. The lowest BCUT2D eigenvalue weighted by Crippen LogP contribution is -2.21. The average molecular weight is 346 g/mol. The first-order valence-corrected chi connectivity index (χ1v) is 7.59. The molecule has 5 nitrogen and oxygen atoms in total. The first-order chi connectivity index (χ1) is 11.4. The van der Waals surface area contributed by atoms with Crippen molar-refractivity contribution in [1.82, 2.24) is 0 Å². The highest BCUT2D eigenvalue weighted by molar-refractivity contribution is 6.31. The Morgan fingerprint density at radius 2 is 1.67 bits per heavy atom. The van der Waals surface area contributed by atoms with Gasteiger partial charge in [-0.15, -0.1) is 0 Å². The van der Waals surface area contributed by atoms with Crippen LogP contribution in [0.2, 0.25) is 5.02 Å². The van der Waals surface area contributed by atoms with E-state index < -0.39 is 5.91 Å². The molecular weight excluding hydrogens is 330 g/mol. The Bertz CT molecular complexity index is 801. The maximum Gasteiger partial charge on any atom is 0.262 e. The zero-order chi connectivity index (χ0) is 17.7. The van der Waals surface area contributed by atoms with Crippen molar-refractivity contribution in [3.05, 3.63) is 58.6 Å². The lowest BCUT2D eigenvalue weighted by molar-refractivity contribution is -0.118. The summed E-state index contributed by atoms with van der Waals surface area (Å²) in [6.45, 7) is 2.52. The standard InChI is InChI=1S/C18H16ClNO4/c1-11(21)14-5-3-4-6-16(14)20-18(23)10-24-17-8-7-13(19)9-15(17)12(2)22/h3-9H,10H2,1-2H3,(H,20,23). The van der Waals surface area contributed by atoms with Gasteiger partial charge in [0.05, 0.1) is 11.3 Å². The van der Waals surface area contributed by atoms with Crippen LogP contribution in [0, 0.1) is 0 Å². The number of ether oxygens (including phenoxy) is 1. The van der Waals surface area contributed by atoms with Crippen molar-refractivity contribution in [1.29, 1.82) is 0 Å². The Hall–Kier alpha value is -2.66. The van der Waals surface area contributed by atoms with Crippen LogP contribution < -0.4 is 10.1 Å². The topological polar surface area (TPSA) is 72.5 Å². The fraction of sp³-hybridized carbons (Fsp3) is 0.167. The largest absolute Gasteiger partial charge is 0.483 e. The average Bonchev–Trinajstić information content (AvgIpc) is 2.53.